The first-order chi connectivity index (χ1) is 14.5. The summed E-state index contributed by atoms with van der Waals surface area (Å²) < 4.78 is 0. The third-order valence-corrected chi connectivity index (χ3v) is 6.48. The van der Waals surface area contributed by atoms with Crippen molar-refractivity contribution in [1.82, 2.24) is 14.8 Å². The van der Waals surface area contributed by atoms with Crippen molar-refractivity contribution in [3.05, 3.63) is 76.6 Å². The molecule has 1 aromatic carbocycles. The van der Waals surface area contributed by atoms with Crippen LogP contribution in [0.2, 0.25) is 5.02 Å². The Labute approximate surface area is 179 Å². The largest absolute Gasteiger partial charge is 0.309 e. The van der Waals surface area contributed by atoms with Gasteiger partial charge in [-0.3, -0.25) is 19.6 Å². The maximum absolute atomic E-state index is 13.6. The van der Waals surface area contributed by atoms with E-state index >= 15 is 0 Å². The zero-order valence-corrected chi connectivity index (χ0v) is 17.2. The third-order valence-electron chi connectivity index (χ3n) is 6.23. The van der Waals surface area contributed by atoms with E-state index in [9.17, 15) is 9.59 Å². The second kappa shape index (κ2) is 7.06. The van der Waals surface area contributed by atoms with Gasteiger partial charge >= 0.3 is 0 Å². The Bertz CT molecular complexity index is 1090. The monoisotopic (exact) mass is 420 g/mol. The fraction of sp³-hybridized carbons (Fsp3) is 0.304. The Morgan fingerprint density at radius 2 is 1.93 bits per heavy atom. The van der Waals surface area contributed by atoms with E-state index in [0.717, 1.165) is 17.6 Å². The molecule has 3 aliphatic rings. The smallest absolute Gasteiger partial charge is 0.269 e. The molecule has 6 nitrogen and oxygen atoms in total. The summed E-state index contributed by atoms with van der Waals surface area (Å²) >= 11 is 6.13. The van der Waals surface area contributed by atoms with Crippen molar-refractivity contribution in [2.24, 2.45) is 4.99 Å². The van der Waals surface area contributed by atoms with Gasteiger partial charge < -0.3 is 9.80 Å². The van der Waals surface area contributed by atoms with Crippen molar-refractivity contribution < 1.29 is 9.59 Å². The lowest BCUT2D eigenvalue weighted by Crippen LogP contribution is -2.59. The Morgan fingerprint density at radius 3 is 2.67 bits per heavy atom. The summed E-state index contributed by atoms with van der Waals surface area (Å²) in [6, 6.07) is 11.0. The second-order valence-electron chi connectivity index (χ2n) is 7.92. The Kier molecular flexibility index (Phi) is 4.47. The molecule has 2 amide bonds. The van der Waals surface area contributed by atoms with Gasteiger partial charge in [0.2, 0.25) is 0 Å². The van der Waals surface area contributed by atoms with Gasteiger partial charge in [0, 0.05) is 30.7 Å². The number of aromatic nitrogens is 1. The molecule has 0 spiro atoms. The van der Waals surface area contributed by atoms with Crippen LogP contribution in [0.5, 0.6) is 0 Å². The van der Waals surface area contributed by atoms with Crippen molar-refractivity contribution in [2.75, 3.05) is 19.6 Å². The summed E-state index contributed by atoms with van der Waals surface area (Å²) in [5.74, 6) is -0.222. The van der Waals surface area contributed by atoms with Crippen LogP contribution in [0.15, 0.2) is 59.7 Å². The lowest BCUT2D eigenvalue weighted by Gasteiger charge is -2.47. The number of carbonyl (C=O) groups excluding carboxylic acids is 2. The molecule has 7 heteroatoms. The van der Waals surface area contributed by atoms with Gasteiger partial charge in [-0.15, -0.1) is 0 Å². The first-order valence-corrected chi connectivity index (χ1v) is 10.4. The average molecular weight is 421 g/mol. The Hall–Kier alpha value is -2.99. The van der Waals surface area contributed by atoms with E-state index in [-0.39, 0.29) is 11.8 Å². The van der Waals surface area contributed by atoms with Crippen LogP contribution in [0, 0.1) is 0 Å². The number of benzene rings is 1. The van der Waals surface area contributed by atoms with Gasteiger partial charge in [-0.1, -0.05) is 35.9 Å². The van der Waals surface area contributed by atoms with E-state index in [1.165, 1.54) is 0 Å². The van der Waals surface area contributed by atoms with Gasteiger partial charge in [-0.25, -0.2) is 0 Å². The molecule has 1 aromatic heterocycles. The van der Waals surface area contributed by atoms with Crippen LogP contribution in [0.1, 0.15) is 34.5 Å². The summed E-state index contributed by atoms with van der Waals surface area (Å²) in [7, 11) is 0. The maximum atomic E-state index is 13.6. The van der Waals surface area contributed by atoms with Gasteiger partial charge in [-0.05, 0) is 42.7 Å². The number of hydrogen-bond donors (Lipinski definition) is 0. The van der Waals surface area contributed by atoms with Crippen LogP contribution in [0.3, 0.4) is 0 Å². The first kappa shape index (κ1) is 19.0. The molecule has 1 fully saturated rings. The molecule has 1 atom stereocenters. The molecule has 30 heavy (non-hydrogen) atoms. The Morgan fingerprint density at radius 1 is 1.13 bits per heavy atom. The minimum atomic E-state index is -0.933. The number of amides is 2. The minimum Gasteiger partial charge on any atom is -0.309 e. The van der Waals surface area contributed by atoms with Crippen molar-refractivity contribution in [2.45, 2.75) is 24.9 Å². The van der Waals surface area contributed by atoms with Crippen LogP contribution < -0.4 is 0 Å². The number of rotatable bonds is 2. The predicted octanol–water partition coefficient (Wildman–Crippen LogP) is 3.22. The number of fused-ring (bicyclic) bond motifs is 2. The van der Waals surface area contributed by atoms with Gasteiger partial charge in [0.25, 0.3) is 11.8 Å². The molecule has 0 aliphatic carbocycles. The second-order valence-corrected chi connectivity index (χ2v) is 8.36. The number of carbonyl (C=O) groups is 2. The van der Waals surface area contributed by atoms with E-state index in [1.807, 2.05) is 12.1 Å². The number of aliphatic imine (C=N–C) groups is 1. The first-order valence-electron chi connectivity index (χ1n) is 10.0. The number of halogens is 1. The highest BCUT2D eigenvalue weighted by Crippen LogP contribution is 2.44. The molecule has 4 heterocycles. The quantitative estimate of drug-likeness (QED) is 0.700. The van der Waals surface area contributed by atoms with Crippen LogP contribution in [-0.4, -0.2) is 51.9 Å². The molecular weight excluding hydrogens is 400 g/mol. The highest BCUT2D eigenvalue weighted by molar-refractivity contribution is 6.39. The number of hydrogen-bond acceptors (Lipinski definition) is 4. The minimum absolute atomic E-state index is 0.103. The molecule has 0 radical (unpaired) electrons. The third kappa shape index (κ3) is 2.78. The van der Waals surface area contributed by atoms with Crippen molar-refractivity contribution in [3.8, 4) is 0 Å². The zero-order valence-electron chi connectivity index (χ0n) is 16.5. The highest BCUT2D eigenvalue weighted by atomic mass is 35.5. The molecule has 1 saturated heterocycles. The Balaban J connectivity index is 1.65. The molecule has 2 aromatic rings. The molecule has 1 unspecified atom stereocenters. The molecule has 0 bridgehead atoms. The summed E-state index contributed by atoms with van der Waals surface area (Å²) in [5.41, 5.74) is 2.81. The van der Waals surface area contributed by atoms with E-state index < -0.39 is 5.66 Å². The van der Waals surface area contributed by atoms with Crippen LogP contribution >= 0.6 is 11.6 Å². The lowest BCUT2D eigenvalue weighted by atomic mass is 9.86. The van der Waals surface area contributed by atoms with Crippen LogP contribution in [-0.2, 0) is 16.9 Å². The molecule has 152 valence electrons. The van der Waals surface area contributed by atoms with Gasteiger partial charge in [0.05, 0.1) is 17.8 Å². The maximum Gasteiger partial charge on any atom is 0.269 e. The van der Waals surface area contributed by atoms with Crippen molar-refractivity contribution >= 4 is 29.1 Å². The average Bonchev–Trinajstić information content (AvgIpc) is 3.15. The fourth-order valence-electron chi connectivity index (χ4n) is 4.72. The van der Waals surface area contributed by atoms with E-state index in [2.05, 4.69) is 16.6 Å². The van der Waals surface area contributed by atoms with Crippen molar-refractivity contribution in [3.63, 3.8) is 0 Å². The van der Waals surface area contributed by atoms with Crippen molar-refractivity contribution in [1.29, 1.82) is 0 Å². The fourth-order valence-corrected chi connectivity index (χ4v) is 4.85. The standard InChI is InChI=1S/C23H21ClN4O2/c1-15-4-9-19(26-14-15)22(30)28-12-11-27-21(29)18-3-2-10-25-20(18)13-23(27,28)16-5-7-17(24)8-6-16/h2-3,5-8,10H,1,4,9,11-14H2. The topological polar surface area (TPSA) is 65.9 Å². The highest BCUT2D eigenvalue weighted by Gasteiger charge is 2.56. The summed E-state index contributed by atoms with van der Waals surface area (Å²) in [5, 5.41) is 0.605. The van der Waals surface area contributed by atoms with Gasteiger partial charge in [0.15, 0.2) is 0 Å². The van der Waals surface area contributed by atoms with E-state index in [1.54, 1.807) is 40.3 Å². The molecular formula is C23H21ClN4O2. The molecule has 0 saturated carbocycles. The van der Waals surface area contributed by atoms with Gasteiger partial charge in [0.1, 0.15) is 11.4 Å². The summed E-state index contributed by atoms with van der Waals surface area (Å²) in [6.45, 7) is 5.36. The molecule has 0 N–H and O–H groups in total. The summed E-state index contributed by atoms with van der Waals surface area (Å²) in [4.78, 5) is 39.6. The molecule has 3 aliphatic heterocycles. The predicted molar refractivity (Wildman–Crippen MR) is 114 cm³/mol. The van der Waals surface area contributed by atoms with Gasteiger partial charge in [-0.2, -0.15) is 0 Å². The normalized spacial score (nSPS) is 23.2. The van der Waals surface area contributed by atoms with Crippen LogP contribution in [0.4, 0.5) is 0 Å². The zero-order chi connectivity index (χ0) is 20.9. The van der Waals surface area contributed by atoms with Crippen LogP contribution in [0.25, 0.3) is 0 Å². The summed E-state index contributed by atoms with van der Waals surface area (Å²) in [6.07, 6.45) is 3.46. The number of pyridine rings is 1. The lowest BCUT2D eigenvalue weighted by molar-refractivity contribution is -0.132. The van der Waals surface area contributed by atoms with E-state index in [4.69, 9.17) is 11.6 Å². The number of nitrogens with zero attached hydrogens (tertiary/aromatic N) is 4. The van der Waals surface area contributed by atoms with E-state index in [0.29, 0.717) is 54.5 Å². The molecule has 5 rings (SSSR count). The SMILES string of the molecule is C=C1CCC(C(=O)N2CCN3C(=O)c4cccnc4CC23c2ccc(Cl)cc2)=NC1.